The SMILES string of the molecule is Cc1cnc(NCC[C@@H]2CCOC23CN(C(=O)c2occc2C)C3)nc1. The van der Waals surface area contributed by atoms with E-state index in [1.165, 1.54) is 0 Å². The third-order valence-electron chi connectivity index (χ3n) is 5.42. The molecule has 0 bridgehead atoms. The second-order valence-electron chi connectivity index (χ2n) is 7.29. The highest BCUT2D eigenvalue weighted by Gasteiger charge is 2.54. The maximum Gasteiger partial charge on any atom is 0.290 e. The molecular formula is C19H24N4O3. The molecule has 2 aliphatic heterocycles. The predicted molar refractivity (Wildman–Crippen MR) is 96.0 cm³/mol. The van der Waals surface area contributed by atoms with Crippen LogP contribution < -0.4 is 5.32 Å². The number of hydrogen-bond donors (Lipinski definition) is 1. The van der Waals surface area contributed by atoms with Gasteiger partial charge in [-0.05, 0) is 44.2 Å². The number of carbonyl (C=O) groups excluding carboxylic acids is 1. The maximum atomic E-state index is 12.5. The lowest BCUT2D eigenvalue weighted by Gasteiger charge is -2.50. The summed E-state index contributed by atoms with van der Waals surface area (Å²) in [7, 11) is 0. The van der Waals surface area contributed by atoms with E-state index in [0.29, 0.717) is 30.7 Å². The lowest BCUT2D eigenvalue weighted by Crippen LogP contribution is -2.66. The zero-order valence-corrected chi connectivity index (χ0v) is 15.2. The van der Waals surface area contributed by atoms with Crippen LogP contribution in [0.3, 0.4) is 0 Å². The van der Waals surface area contributed by atoms with Gasteiger partial charge in [-0.1, -0.05) is 0 Å². The van der Waals surface area contributed by atoms with Gasteiger partial charge in [-0.15, -0.1) is 0 Å². The number of carbonyl (C=O) groups is 1. The van der Waals surface area contributed by atoms with Crippen molar-refractivity contribution in [2.75, 3.05) is 31.6 Å². The average Bonchev–Trinajstić information content (AvgIpc) is 3.21. The molecule has 1 spiro atoms. The number of anilines is 1. The van der Waals surface area contributed by atoms with E-state index in [-0.39, 0.29) is 11.5 Å². The molecule has 1 amide bonds. The van der Waals surface area contributed by atoms with Gasteiger partial charge in [0.05, 0.1) is 19.4 Å². The van der Waals surface area contributed by atoms with E-state index in [4.69, 9.17) is 9.15 Å². The molecule has 4 rings (SSSR count). The molecule has 1 atom stereocenters. The molecule has 7 nitrogen and oxygen atoms in total. The fourth-order valence-electron chi connectivity index (χ4n) is 3.86. The summed E-state index contributed by atoms with van der Waals surface area (Å²) in [6.45, 7) is 6.68. The molecule has 1 N–H and O–H groups in total. The van der Waals surface area contributed by atoms with Crippen LogP contribution in [0.1, 0.15) is 34.5 Å². The summed E-state index contributed by atoms with van der Waals surface area (Å²) in [5.41, 5.74) is 1.72. The van der Waals surface area contributed by atoms with E-state index in [0.717, 1.165) is 37.1 Å². The molecule has 2 saturated heterocycles. The first-order valence-corrected chi connectivity index (χ1v) is 9.07. The van der Waals surface area contributed by atoms with Crippen molar-refractivity contribution >= 4 is 11.9 Å². The first-order valence-electron chi connectivity index (χ1n) is 9.07. The van der Waals surface area contributed by atoms with Crippen LogP contribution in [0.2, 0.25) is 0 Å². The molecule has 2 fully saturated rings. The highest BCUT2D eigenvalue weighted by molar-refractivity contribution is 5.93. The second kappa shape index (κ2) is 6.72. The molecule has 0 unspecified atom stereocenters. The Labute approximate surface area is 152 Å². The fraction of sp³-hybridized carbons (Fsp3) is 0.526. The first kappa shape index (κ1) is 17.0. The Morgan fingerprint density at radius 3 is 2.81 bits per heavy atom. The lowest BCUT2D eigenvalue weighted by molar-refractivity contribution is -0.118. The van der Waals surface area contributed by atoms with Crippen molar-refractivity contribution in [3.05, 3.63) is 41.6 Å². The van der Waals surface area contributed by atoms with E-state index in [1.54, 1.807) is 6.26 Å². The predicted octanol–water partition coefficient (Wildman–Crippen LogP) is 2.42. The first-order chi connectivity index (χ1) is 12.6. The number of nitrogens with one attached hydrogen (secondary N) is 1. The van der Waals surface area contributed by atoms with Gasteiger partial charge in [-0.25, -0.2) is 9.97 Å². The Morgan fingerprint density at radius 1 is 1.35 bits per heavy atom. The van der Waals surface area contributed by atoms with Crippen molar-refractivity contribution in [3.8, 4) is 0 Å². The number of furan rings is 1. The van der Waals surface area contributed by atoms with Crippen molar-refractivity contribution in [3.63, 3.8) is 0 Å². The minimum Gasteiger partial charge on any atom is -0.459 e. The highest BCUT2D eigenvalue weighted by atomic mass is 16.5. The molecule has 26 heavy (non-hydrogen) atoms. The Hall–Kier alpha value is -2.41. The van der Waals surface area contributed by atoms with Gasteiger partial charge in [0.15, 0.2) is 5.76 Å². The zero-order chi connectivity index (χ0) is 18.1. The molecule has 138 valence electrons. The van der Waals surface area contributed by atoms with Crippen LogP contribution in [0.4, 0.5) is 5.95 Å². The van der Waals surface area contributed by atoms with Crippen molar-refractivity contribution in [1.29, 1.82) is 0 Å². The van der Waals surface area contributed by atoms with Gasteiger partial charge in [0, 0.05) is 31.1 Å². The molecule has 2 aromatic heterocycles. The minimum atomic E-state index is -0.202. The fourth-order valence-corrected chi connectivity index (χ4v) is 3.86. The van der Waals surface area contributed by atoms with E-state index in [1.807, 2.05) is 37.2 Å². The van der Waals surface area contributed by atoms with E-state index >= 15 is 0 Å². The molecule has 0 aliphatic carbocycles. The van der Waals surface area contributed by atoms with Crippen LogP contribution in [0.5, 0.6) is 0 Å². The normalized spacial score (nSPS) is 21.0. The summed E-state index contributed by atoms with van der Waals surface area (Å²) in [6, 6.07) is 1.82. The summed E-state index contributed by atoms with van der Waals surface area (Å²) >= 11 is 0. The van der Waals surface area contributed by atoms with Crippen molar-refractivity contribution in [2.24, 2.45) is 5.92 Å². The van der Waals surface area contributed by atoms with E-state index in [9.17, 15) is 4.79 Å². The van der Waals surface area contributed by atoms with Gasteiger partial charge >= 0.3 is 0 Å². The minimum absolute atomic E-state index is 0.0430. The smallest absolute Gasteiger partial charge is 0.290 e. The van der Waals surface area contributed by atoms with Crippen molar-refractivity contribution in [1.82, 2.24) is 14.9 Å². The van der Waals surface area contributed by atoms with Gasteiger partial charge in [0.1, 0.15) is 5.60 Å². The summed E-state index contributed by atoms with van der Waals surface area (Å²) in [5.74, 6) is 1.48. The Balaban J connectivity index is 1.31. The Morgan fingerprint density at radius 2 is 2.12 bits per heavy atom. The molecule has 0 saturated carbocycles. The van der Waals surface area contributed by atoms with Crippen molar-refractivity contribution < 1.29 is 13.9 Å². The second-order valence-corrected chi connectivity index (χ2v) is 7.29. The maximum absolute atomic E-state index is 12.5. The van der Waals surface area contributed by atoms with Gasteiger partial charge in [-0.2, -0.15) is 0 Å². The average molecular weight is 356 g/mol. The van der Waals surface area contributed by atoms with Crippen LogP contribution in [0.15, 0.2) is 29.1 Å². The topological polar surface area (TPSA) is 80.5 Å². The molecule has 4 heterocycles. The van der Waals surface area contributed by atoms with Crippen molar-refractivity contribution in [2.45, 2.75) is 32.3 Å². The van der Waals surface area contributed by atoms with E-state index in [2.05, 4.69) is 15.3 Å². The number of aryl methyl sites for hydroxylation is 2. The molecule has 7 heteroatoms. The Kier molecular flexibility index (Phi) is 4.40. The summed E-state index contributed by atoms with van der Waals surface area (Å²) in [4.78, 5) is 22.9. The van der Waals surface area contributed by atoms with Crippen LogP contribution in [0.25, 0.3) is 0 Å². The Bertz CT molecular complexity index is 780. The third kappa shape index (κ3) is 3.07. The number of nitrogens with zero attached hydrogens (tertiary/aromatic N) is 3. The van der Waals surface area contributed by atoms with Gasteiger partial charge < -0.3 is 19.4 Å². The molecule has 0 aromatic carbocycles. The van der Waals surface area contributed by atoms with E-state index < -0.39 is 0 Å². The number of hydrogen-bond acceptors (Lipinski definition) is 6. The largest absolute Gasteiger partial charge is 0.459 e. The standard InChI is InChI=1S/C19H24N4O3/c1-13-9-21-18(22-10-13)20-6-3-15-5-8-26-19(15)11-23(12-19)17(24)16-14(2)4-7-25-16/h4,7,9-10,15H,3,5-6,8,11-12H2,1-2H3,(H,20,21,22)/t15-/m1/s1. The van der Waals surface area contributed by atoms with Crippen LogP contribution in [-0.2, 0) is 4.74 Å². The van der Waals surface area contributed by atoms with Crippen LogP contribution >= 0.6 is 0 Å². The van der Waals surface area contributed by atoms with Gasteiger partial charge in [0.25, 0.3) is 5.91 Å². The van der Waals surface area contributed by atoms with Crippen LogP contribution in [0, 0.1) is 19.8 Å². The van der Waals surface area contributed by atoms with Crippen LogP contribution in [-0.4, -0.2) is 52.6 Å². The van der Waals surface area contributed by atoms with Gasteiger partial charge in [-0.3, -0.25) is 4.79 Å². The summed E-state index contributed by atoms with van der Waals surface area (Å²) in [6.07, 6.45) is 7.17. The number of rotatable bonds is 5. The highest BCUT2D eigenvalue weighted by Crippen LogP contribution is 2.42. The number of amides is 1. The lowest BCUT2D eigenvalue weighted by atomic mass is 9.78. The third-order valence-corrected chi connectivity index (χ3v) is 5.42. The number of ether oxygens (including phenoxy) is 1. The zero-order valence-electron chi connectivity index (χ0n) is 15.2. The summed E-state index contributed by atoms with van der Waals surface area (Å²) in [5, 5.41) is 3.28. The number of aromatic nitrogens is 2. The van der Waals surface area contributed by atoms with Gasteiger partial charge in [0.2, 0.25) is 5.95 Å². The molecule has 2 aromatic rings. The number of likely N-dealkylation sites (tertiary alicyclic amines) is 1. The quantitative estimate of drug-likeness (QED) is 0.886. The molecule has 2 aliphatic rings. The monoisotopic (exact) mass is 356 g/mol. The summed E-state index contributed by atoms with van der Waals surface area (Å²) < 4.78 is 11.4. The molecular weight excluding hydrogens is 332 g/mol. The molecule has 0 radical (unpaired) electrons.